The standard InChI is InChI=1S/C16H16N4O2/c17-8-12-9-19-20-14(12)15(21)18-10-16(6-7-22-11-16)13-4-2-1-3-5-13/h1-5,9H,6-7,10-11H2,(H,18,21)(H,19,20). The highest BCUT2D eigenvalue weighted by molar-refractivity contribution is 5.94. The number of carbonyl (C=O) groups excluding carboxylic acids is 1. The van der Waals surface area contributed by atoms with Gasteiger partial charge in [0.25, 0.3) is 5.91 Å². The first-order valence-corrected chi connectivity index (χ1v) is 7.10. The number of nitrogens with one attached hydrogen (secondary N) is 2. The molecule has 0 spiro atoms. The average molecular weight is 296 g/mol. The number of aromatic nitrogens is 2. The van der Waals surface area contributed by atoms with Crippen molar-refractivity contribution in [2.45, 2.75) is 11.8 Å². The number of benzene rings is 1. The summed E-state index contributed by atoms with van der Waals surface area (Å²) in [6.07, 6.45) is 2.20. The van der Waals surface area contributed by atoms with Crippen LogP contribution in [0.3, 0.4) is 0 Å². The molecule has 6 nitrogen and oxygen atoms in total. The van der Waals surface area contributed by atoms with Crippen molar-refractivity contribution >= 4 is 5.91 Å². The Kier molecular flexibility index (Phi) is 3.90. The van der Waals surface area contributed by atoms with Crippen LogP contribution in [0.25, 0.3) is 0 Å². The topological polar surface area (TPSA) is 90.8 Å². The molecule has 1 saturated heterocycles. The molecule has 112 valence electrons. The summed E-state index contributed by atoms with van der Waals surface area (Å²) in [5.74, 6) is -0.323. The van der Waals surface area contributed by atoms with E-state index in [0.29, 0.717) is 19.8 Å². The normalized spacial score (nSPS) is 20.5. The summed E-state index contributed by atoms with van der Waals surface area (Å²) in [6.45, 7) is 1.71. The van der Waals surface area contributed by atoms with Gasteiger partial charge in [-0.1, -0.05) is 30.3 Å². The SMILES string of the molecule is N#Cc1cn[nH]c1C(=O)NCC1(c2ccccc2)CCOC1. The molecule has 1 aromatic carbocycles. The number of carbonyl (C=O) groups is 1. The van der Waals surface area contributed by atoms with Crippen molar-refractivity contribution in [3.63, 3.8) is 0 Å². The van der Waals surface area contributed by atoms with E-state index in [1.54, 1.807) is 0 Å². The van der Waals surface area contributed by atoms with Gasteiger partial charge in [0.2, 0.25) is 0 Å². The molecule has 0 radical (unpaired) electrons. The summed E-state index contributed by atoms with van der Waals surface area (Å²) in [6, 6.07) is 12.0. The van der Waals surface area contributed by atoms with Crippen molar-refractivity contribution < 1.29 is 9.53 Å². The molecule has 1 aliphatic heterocycles. The van der Waals surface area contributed by atoms with Crippen molar-refractivity contribution in [3.05, 3.63) is 53.3 Å². The molecule has 1 unspecified atom stereocenters. The predicted octanol–water partition coefficient (Wildman–Crippen LogP) is 1.37. The van der Waals surface area contributed by atoms with Gasteiger partial charge in [-0.15, -0.1) is 0 Å². The molecule has 0 bridgehead atoms. The Labute approximate surface area is 128 Å². The smallest absolute Gasteiger partial charge is 0.270 e. The fourth-order valence-electron chi connectivity index (χ4n) is 2.75. The molecular weight excluding hydrogens is 280 g/mol. The monoisotopic (exact) mass is 296 g/mol. The lowest BCUT2D eigenvalue weighted by atomic mass is 9.80. The van der Waals surface area contributed by atoms with Crippen LogP contribution in [0.1, 0.15) is 28.0 Å². The van der Waals surface area contributed by atoms with Crippen molar-refractivity contribution in [1.29, 1.82) is 5.26 Å². The minimum absolute atomic E-state index is 0.199. The van der Waals surface area contributed by atoms with Gasteiger partial charge in [-0.3, -0.25) is 9.89 Å². The molecule has 2 N–H and O–H groups in total. The third-order valence-corrected chi connectivity index (χ3v) is 4.06. The first kappa shape index (κ1) is 14.3. The molecule has 22 heavy (non-hydrogen) atoms. The zero-order valence-corrected chi connectivity index (χ0v) is 12.0. The minimum Gasteiger partial charge on any atom is -0.380 e. The van der Waals surface area contributed by atoms with Crippen LogP contribution in [0.4, 0.5) is 0 Å². The van der Waals surface area contributed by atoms with Gasteiger partial charge >= 0.3 is 0 Å². The maximum absolute atomic E-state index is 12.2. The van der Waals surface area contributed by atoms with E-state index in [2.05, 4.69) is 27.6 Å². The molecule has 1 aromatic heterocycles. The van der Waals surface area contributed by atoms with E-state index >= 15 is 0 Å². The summed E-state index contributed by atoms with van der Waals surface area (Å²) in [5.41, 5.74) is 1.38. The van der Waals surface area contributed by atoms with Crippen molar-refractivity contribution in [2.24, 2.45) is 0 Å². The molecule has 2 aromatic rings. The fourth-order valence-corrected chi connectivity index (χ4v) is 2.75. The number of aromatic amines is 1. The Bertz CT molecular complexity index is 696. The van der Waals surface area contributed by atoms with Crippen LogP contribution >= 0.6 is 0 Å². The van der Waals surface area contributed by atoms with E-state index in [1.165, 1.54) is 6.20 Å². The number of ether oxygens (including phenoxy) is 1. The molecule has 3 rings (SSSR count). The minimum atomic E-state index is -0.323. The third-order valence-electron chi connectivity index (χ3n) is 4.06. The maximum Gasteiger partial charge on any atom is 0.270 e. The lowest BCUT2D eigenvalue weighted by molar-refractivity contribution is 0.0933. The second-order valence-corrected chi connectivity index (χ2v) is 5.40. The van der Waals surface area contributed by atoms with Crippen LogP contribution in [-0.4, -0.2) is 35.9 Å². The lowest BCUT2D eigenvalue weighted by Gasteiger charge is -2.28. The van der Waals surface area contributed by atoms with E-state index < -0.39 is 0 Å². The fraction of sp³-hybridized carbons (Fsp3) is 0.312. The number of hydrogen-bond donors (Lipinski definition) is 2. The van der Waals surface area contributed by atoms with E-state index in [9.17, 15) is 4.79 Å². The number of rotatable bonds is 4. The molecule has 0 saturated carbocycles. The van der Waals surface area contributed by atoms with E-state index in [0.717, 1.165) is 12.0 Å². The Morgan fingerprint density at radius 3 is 2.95 bits per heavy atom. The second kappa shape index (κ2) is 6.00. The van der Waals surface area contributed by atoms with E-state index in [-0.39, 0.29) is 22.6 Å². The summed E-state index contributed by atoms with van der Waals surface area (Å²) in [7, 11) is 0. The van der Waals surface area contributed by atoms with Crippen LogP contribution in [0.2, 0.25) is 0 Å². The summed E-state index contributed by atoms with van der Waals surface area (Å²) >= 11 is 0. The third kappa shape index (κ3) is 2.59. The van der Waals surface area contributed by atoms with Crippen molar-refractivity contribution in [1.82, 2.24) is 15.5 Å². The number of nitriles is 1. The number of H-pyrrole nitrogens is 1. The first-order chi connectivity index (χ1) is 10.7. The highest BCUT2D eigenvalue weighted by Gasteiger charge is 2.37. The van der Waals surface area contributed by atoms with Gasteiger partial charge in [0.1, 0.15) is 17.3 Å². The Balaban J connectivity index is 1.76. The molecule has 1 atom stereocenters. The van der Waals surface area contributed by atoms with E-state index in [1.807, 2.05) is 24.3 Å². The quantitative estimate of drug-likeness (QED) is 0.891. The van der Waals surface area contributed by atoms with Crippen molar-refractivity contribution in [3.8, 4) is 6.07 Å². The van der Waals surface area contributed by atoms with Gasteiger partial charge < -0.3 is 10.1 Å². The Morgan fingerprint density at radius 1 is 1.45 bits per heavy atom. The molecule has 1 amide bonds. The Hall–Kier alpha value is -2.65. The largest absolute Gasteiger partial charge is 0.380 e. The zero-order chi connectivity index (χ0) is 15.4. The molecular formula is C16H16N4O2. The highest BCUT2D eigenvalue weighted by atomic mass is 16.5. The lowest BCUT2D eigenvalue weighted by Crippen LogP contribution is -2.41. The second-order valence-electron chi connectivity index (χ2n) is 5.40. The van der Waals surface area contributed by atoms with Gasteiger partial charge in [0.15, 0.2) is 0 Å². The highest BCUT2D eigenvalue weighted by Crippen LogP contribution is 2.32. The van der Waals surface area contributed by atoms with Gasteiger partial charge in [-0.2, -0.15) is 10.4 Å². The van der Waals surface area contributed by atoms with Crippen LogP contribution in [0, 0.1) is 11.3 Å². The first-order valence-electron chi connectivity index (χ1n) is 7.10. The van der Waals surface area contributed by atoms with Crippen LogP contribution in [0.15, 0.2) is 36.5 Å². The summed E-state index contributed by atoms with van der Waals surface area (Å²) < 4.78 is 5.56. The predicted molar refractivity (Wildman–Crippen MR) is 79.2 cm³/mol. The molecule has 1 aliphatic rings. The van der Waals surface area contributed by atoms with Crippen LogP contribution in [0.5, 0.6) is 0 Å². The molecule has 0 aliphatic carbocycles. The number of hydrogen-bond acceptors (Lipinski definition) is 4. The van der Waals surface area contributed by atoms with Gasteiger partial charge in [-0.25, -0.2) is 0 Å². The summed E-state index contributed by atoms with van der Waals surface area (Å²) in [5, 5.41) is 18.2. The molecule has 2 heterocycles. The van der Waals surface area contributed by atoms with Crippen molar-refractivity contribution in [2.75, 3.05) is 19.8 Å². The summed E-state index contributed by atoms with van der Waals surface area (Å²) in [4.78, 5) is 12.2. The Morgan fingerprint density at radius 2 is 2.27 bits per heavy atom. The van der Waals surface area contributed by atoms with E-state index in [4.69, 9.17) is 10.00 Å². The molecule has 1 fully saturated rings. The van der Waals surface area contributed by atoms with Gasteiger partial charge in [-0.05, 0) is 12.0 Å². The van der Waals surface area contributed by atoms with Crippen LogP contribution in [-0.2, 0) is 10.2 Å². The van der Waals surface area contributed by atoms with Gasteiger partial charge in [0.05, 0.1) is 12.8 Å². The number of amides is 1. The van der Waals surface area contributed by atoms with Crippen LogP contribution < -0.4 is 5.32 Å². The maximum atomic E-state index is 12.2. The number of nitrogens with zero attached hydrogens (tertiary/aromatic N) is 2. The zero-order valence-electron chi connectivity index (χ0n) is 12.0. The average Bonchev–Trinajstić information content (AvgIpc) is 3.23. The molecule has 6 heteroatoms. The van der Waals surface area contributed by atoms with Gasteiger partial charge in [0, 0.05) is 18.6 Å².